The maximum atomic E-state index is 10.7. The van der Waals surface area contributed by atoms with Gasteiger partial charge in [-0.3, -0.25) is 0 Å². The molecular weight excluding hydrogens is 388 g/mol. The Bertz CT molecular complexity index is 729. The molecule has 0 bridgehead atoms. The second-order valence-electron chi connectivity index (χ2n) is 8.18. The molecule has 2 rings (SSSR count). The van der Waals surface area contributed by atoms with Crippen molar-refractivity contribution >= 4 is 0 Å². The molecule has 2 aromatic rings. The maximum Gasteiger partial charge on any atom is 0.118 e. The van der Waals surface area contributed by atoms with Crippen LogP contribution in [0.4, 0.5) is 0 Å². The molecule has 0 amide bonds. The smallest absolute Gasteiger partial charge is 0.118 e. The lowest BCUT2D eigenvalue weighted by Gasteiger charge is -2.30. The molecule has 0 aliphatic heterocycles. The Labute approximate surface area is 187 Å². The van der Waals surface area contributed by atoms with E-state index < -0.39 is 6.10 Å². The average Bonchev–Trinajstić information content (AvgIpc) is 2.82. The number of methoxy groups -OCH3 is 1. The van der Waals surface area contributed by atoms with Crippen molar-refractivity contribution in [1.29, 1.82) is 0 Å². The van der Waals surface area contributed by atoms with Crippen LogP contribution in [-0.2, 0) is 22.7 Å². The molecule has 0 unspecified atom stereocenters. The van der Waals surface area contributed by atoms with Gasteiger partial charge in [0, 0.05) is 18.4 Å². The van der Waals surface area contributed by atoms with Gasteiger partial charge in [-0.15, -0.1) is 6.58 Å². The van der Waals surface area contributed by atoms with Crippen LogP contribution in [0.1, 0.15) is 44.2 Å². The van der Waals surface area contributed by atoms with Crippen LogP contribution in [0, 0.1) is 11.8 Å². The van der Waals surface area contributed by atoms with Crippen LogP contribution in [0.2, 0.25) is 0 Å². The minimum Gasteiger partial charge on any atom is -0.497 e. The second kappa shape index (κ2) is 14.0. The molecule has 0 aromatic heterocycles. The maximum absolute atomic E-state index is 10.7. The summed E-state index contributed by atoms with van der Waals surface area (Å²) in [7, 11) is 1.66. The van der Waals surface area contributed by atoms with Crippen LogP contribution in [-0.4, -0.2) is 31.0 Å². The summed E-state index contributed by atoms with van der Waals surface area (Å²) in [5.41, 5.74) is 2.29. The van der Waals surface area contributed by atoms with Gasteiger partial charge in [0.1, 0.15) is 5.75 Å². The first kappa shape index (κ1) is 25.1. The zero-order chi connectivity index (χ0) is 22.5. The van der Waals surface area contributed by atoms with Gasteiger partial charge >= 0.3 is 0 Å². The quantitative estimate of drug-likeness (QED) is 0.289. The zero-order valence-corrected chi connectivity index (χ0v) is 19.2. The highest BCUT2D eigenvalue weighted by atomic mass is 16.5. The fourth-order valence-corrected chi connectivity index (χ4v) is 3.58. The first-order chi connectivity index (χ1) is 15.0. The van der Waals surface area contributed by atoms with Crippen LogP contribution >= 0.6 is 0 Å². The van der Waals surface area contributed by atoms with Gasteiger partial charge in [-0.2, -0.15) is 0 Å². The number of hydrogen-bond acceptors (Lipinski definition) is 4. The molecule has 4 atom stereocenters. The van der Waals surface area contributed by atoms with Crippen LogP contribution in [0.3, 0.4) is 0 Å². The average molecular weight is 427 g/mol. The number of rotatable bonds is 15. The summed E-state index contributed by atoms with van der Waals surface area (Å²) in [4.78, 5) is 0. The monoisotopic (exact) mass is 426 g/mol. The Balaban J connectivity index is 1.83. The van der Waals surface area contributed by atoms with E-state index in [9.17, 15) is 5.11 Å². The molecule has 0 radical (unpaired) electrons. The van der Waals surface area contributed by atoms with E-state index in [4.69, 9.17) is 14.2 Å². The van der Waals surface area contributed by atoms with Gasteiger partial charge in [0.2, 0.25) is 0 Å². The molecule has 0 fully saturated rings. The topological polar surface area (TPSA) is 47.9 Å². The van der Waals surface area contributed by atoms with Gasteiger partial charge in [-0.25, -0.2) is 0 Å². The number of unbranched alkanes of at least 4 members (excludes halogenated alkanes) is 1. The standard InChI is InChI=1S/C27H38O4/c1-5-21(2)27(28)22(3)26(31-20-24-14-16-25(29-4)17-15-24)13-9-10-18-30-19-23-11-7-6-8-12-23/h5-8,11-12,14-17,21-22,26-28H,1,9-10,13,18-20H2,2-4H3/t21-,22-,26+,27+/m1/s1. The van der Waals surface area contributed by atoms with Crippen molar-refractivity contribution in [3.05, 3.63) is 78.4 Å². The molecule has 1 N–H and O–H groups in total. The molecule has 170 valence electrons. The van der Waals surface area contributed by atoms with E-state index in [-0.39, 0.29) is 17.9 Å². The first-order valence-corrected chi connectivity index (χ1v) is 11.2. The van der Waals surface area contributed by atoms with E-state index in [0.29, 0.717) is 13.2 Å². The lowest BCUT2D eigenvalue weighted by molar-refractivity contribution is -0.0527. The summed E-state index contributed by atoms with van der Waals surface area (Å²) in [6.45, 7) is 9.76. The fourth-order valence-electron chi connectivity index (χ4n) is 3.58. The van der Waals surface area contributed by atoms with Crippen molar-refractivity contribution in [2.75, 3.05) is 13.7 Å². The second-order valence-corrected chi connectivity index (χ2v) is 8.18. The molecule has 0 spiro atoms. The van der Waals surface area contributed by atoms with Gasteiger partial charge in [0.05, 0.1) is 32.5 Å². The molecule has 0 heterocycles. The van der Waals surface area contributed by atoms with Crippen molar-refractivity contribution in [3.8, 4) is 5.75 Å². The van der Waals surface area contributed by atoms with Crippen molar-refractivity contribution < 1.29 is 19.3 Å². The molecule has 0 saturated carbocycles. The van der Waals surface area contributed by atoms with E-state index in [2.05, 4.69) is 25.6 Å². The Morgan fingerprint density at radius 2 is 1.61 bits per heavy atom. The molecule has 0 aliphatic rings. The van der Waals surface area contributed by atoms with Crippen LogP contribution in [0.15, 0.2) is 67.3 Å². The molecular formula is C27H38O4. The largest absolute Gasteiger partial charge is 0.497 e. The van der Waals surface area contributed by atoms with Gasteiger partial charge in [0.25, 0.3) is 0 Å². The van der Waals surface area contributed by atoms with Crippen molar-refractivity contribution in [3.63, 3.8) is 0 Å². The minimum absolute atomic E-state index is 0.0106. The van der Waals surface area contributed by atoms with E-state index in [0.717, 1.165) is 37.2 Å². The molecule has 0 saturated heterocycles. The third kappa shape index (κ3) is 8.86. The van der Waals surface area contributed by atoms with E-state index in [1.807, 2.05) is 49.4 Å². The molecule has 4 heteroatoms. The molecule has 31 heavy (non-hydrogen) atoms. The van der Waals surface area contributed by atoms with Crippen molar-refractivity contribution in [2.24, 2.45) is 11.8 Å². The predicted molar refractivity (Wildman–Crippen MR) is 126 cm³/mol. The number of ether oxygens (including phenoxy) is 3. The highest BCUT2D eigenvalue weighted by Gasteiger charge is 2.27. The Morgan fingerprint density at radius 1 is 0.935 bits per heavy atom. The normalized spacial score (nSPS) is 15.1. The SMILES string of the molecule is C=C[C@@H](C)[C@H](O)[C@H](C)[C@H](CCCCOCc1ccccc1)OCc1ccc(OC)cc1. The fraction of sp³-hybridized carbons (Fsp3) is 0.481. The number of benzene rings is 2. The third-order valence-corrected chi connectivity index (χ3v) is 5.80. The van der Waals surface area contributed by atoms with E-state index >= 15 is 0 Å². The van der Waals surface area contributed by atoms with Crippen molar-refractivity contribution in [2.45, 2.75) is 58.5 Å². The van der Waals surface area contributed by atoms with E-state index in [1.165, 1.54) is 5.56 Å². The molecule has 0 aliphatic carbocycles. The summed E-state index contributed by atoms with van der Waals surface area (Å²) in [6, 6.07) is 18.1. The summed E-state index contributed by atoms with van der Waals surface area (Å²) in [6.07, 6.45) is 4.13. The minimum atomic E-state index is -0.479. The van der Waals surface area contributed by atoms with E-state index in [1.54, 1.807) is 13.2 Å². The van der Waals surface area contributed by atoms with Gasteiger partial charge < -0.3 is 19.3 Å². The first-order valence-electron chi connectivity index (χ1n) is 11.2. The Kier molecular flexibility index (Phi) is 11.4. The summed E-state index contributed by atoms with van der Waals surface area (Å²) < 4.78 is 17.3. The van der Waals surface area contributed by atoms with Crippen molar-refractivity contribution in [1.82, 2.24) is 0 Å². The van der Waals surface area contributed by atoms with Crippen LogP contribution in [0.25, 0.3) is 0 Å². The van der Waals surface area contributed by atoms with Crippen LogP contribution < -0.4 is 4.74 Å². The van der Waals surface area contributed by atoms with Gasteiger partial charge in [0.15, 0.2) is 0 Å². The van der Waals surface area contributed by atoms with Gasteiger partial charge in [-0.1, -0.05) is 62.4 Å². The Hall–Kier alpha value is -2.14. The number of aliphatic hydroxyl groups is 1. The lowest BCUT2D eigenvalue weighted by atomic mass is 9.87. The number of aliphatic hydroxyl groups excluding tert-OH is 1. The predicted octanol–water partition coefficient (Wildman–Crippen LogP) is 5.79. The highest BCUT2D eigenvalue weighted by Crippen LogP contribution is 2.24. The lowest BCUT2D eigenvalue weighted by Crippen LogP contribution is -2.35. The van der Waals surface area contributed by atoms with Gasteiger partial charge in [-0.05, 0) is 42.5 Å². The molecule has 2 aromatic carbocycles. The third-order valence-electron chi connectivity index (χ3n) is 5.80. The Morgan fingerprint density at radius 3 is 2.26 bits per heavy atom. The summed E-state index contributed by atoms with van der Waals surface area (Å²) in [5, 5.41) is 10.7. The molecule has 4 nitrogen and oxygen atoms in total. The summed E-state index contributed by atoms with van der Waals surface area (Å²) in [5.74, 6) is 0.868. The van der Waals surface area contributed by atoms with Crippen LogP contribution in [0.5, 0.6) is 5.75 Å². The number of hydrogen-bond donors (Lipinski definition) is 1. The summed E-state index contributed by atoms with van der Waals surface area (Å²) >= 11 is 0. The highest BCUT2D eigenvalue weighted by molar-refractivity contribution is 5.26. The zero-order valence-electron chi connectivity index (χ0n) is 19.2.